The van der Waals surface area contributed by atoms with Crippen LogP contribution in [0.1, 0.15) is 22.1 Å². The van der Waals surface area contributed by atoms with Crippen LogP contribution < -0.4 is 5.56 Å². The molecule has 1 aromatic heterocycles. The first-order chi connectivity index (χ1) is 13.0. The second kappa shape index (κ2) is 9.86. The van der Waals surface area contributed by atoms with Gasteiger partial charge in [0.1, 0.15) is 11.8 Å². The maximum Gasteiger partial charge on any atom is 0.290 e. The Kier molecular flexibility index (Phi) is 7.54. The lowest BCUT2D eigenvalue weighted by Gasteiger charge is -2.41. The van der Waals surface area contributed by atoms with Crippen LogP contribution in [0.4, 0.5) is 0 Å². The number of aromatic nitrogens is 1. The van der Waals surface area contributed by atoms with Gasteiger partial charge in [-0.25, -0.2) is 0 Å². The van der Waals surface area contributed by atoms with E-state index in [4.69, 9.17) is 26.2 Å². The van der Waals surface area contributed by atoms with Crippen LogP contribution in [0.15, 0.2) is 47.3 Å². The maximum atomic E-state index is 12.9. The molecule has 0 saturated carbocycles. The molecule has 0 aliphatic carbocycles. The second-order valence-corrected chi connectivity index (χ2v) is 6.00. The number of amides is 1. The molecule has 3 N–H and O–H groups in total. The summed E-state index contributed by atoms with van der Waals surface area (Å²) in [4.78, 5) is 36.9. The van der Waals surface area contributed by atoms with Crippen molar-refractivity contribution in [1.29, 1.82) is 0 Å². The predicted molar refractivity (Wildman–Crippen MR) is 97.8 cm³/mol. The van der Waals surface area contributed by atoms with E-state index in [9.17, 15) is 14.7 Å². The molecule has 0 bridgehead atoms. The lowest BCUT2D eigenvalue weighted by molar-refractivity contribution is -0.122. The van der Waals surface area contributed by atoms with Crippen molar-refractivity contribution in [2.75, 3.05) is 19.8 Å². The first-order valence-electron chi connectivity index (χ1n) is 8.08. The van der Waals surface area contributed by atoms with Gasteiger partial charge in [-0.2, -0.15) is 0 Å². The molecular formula is C18H19ClN2O6. The monoisotopic (exact) mass is 394 g/mol. The van der Waals surface area contributed by atoms with Crippen molar-refractivity contribution < 1.29 is 24.5 Å². The molecule has 9 heteroatoms. The molecule has 144 valence electrons. The van der Waals surface area contributed by atoms with Gasteiger partial charge >= 0.3 is 0 Å². The highest BCUT2D eigenvalue weighted by atomic mass is 35.5. The standard InChI is InChI=1S/C17H17ClN2O4.CH2O2/c18-12-5-2-1-4-11(12)16-14(10-21)24-9-8-20(16)17(23)13-6-3-7-15(22)19-13;2-1-3/h1-7,14,16,21H,8-10H2,(H,19,22);1H,(H,2,3)/t14-,16-;/m0./s1. The highest BCUT2D eigenvalue weighted by Gasteiger charge is 2.37. The third-order valence-corrected chi connectivity index (χ3v) is 4.36. The van der Waals surface area contributed by atoms with Gasteiger partial charge in [0.25, 0.3) is 12.4 Å². The largest absolute Gasteiger partial charge is 0.483 e. The zero-order valence-electron chi connectivity index (χ0n) is 14.2. The fourth-order valence-corrected chi connectivity index (χ4v) is 3.17. The number of H-pyrrole nitrogens is 1. The molecule has 3 rings (SSSR count). The summed E-state index contributed by atoms with van der Waals surface area (Å²) in [5.74, 6) is -0.334. The number of carbonyl (C=O) groups excluding carboxylic acids is 1. The minimum Gasteiger partial charge on any atom is -0.483 e. The molecule has 2 aromatic rings. The van der Waals surface area contributed by atoms with E-state index >= 15 is 0 Å². The van der Waals surface area contributed by atoms with Crippen molar-refractivity contribution >= 4 is 24.0 Å². The number of aromatic amines is 1. The van der Waals surface area contributed by atoms with E-state index in [0.29, 0.717) is 23.7 Å². The normalized spacial score (nSPS) is 19.0. The van der Waals surface area contributed by atoms with E-state index in [1.165, 1.54) is 12.1 Å². The molecule has 2 atom stereocenters. The smallest absolute Gasteiger partial charge is 0.290 e. The van der Waals surface area contributed by atoms with Crippen LogP contribution in [0.3, 0.4) is 0 Å². The van der Waals surface area contributed by atoms with Gasteiger partial charge in [0.2, 0.25) is 5.56 Å². The van der Waals surface area contributed by atoms with Crippen molar-refractivity contribution in [2.45, 2.75) is 12.1 Å². The van der Waals surface area contributed by atoms with E-state index in [1.807, 2.05) is 6.07 Å². The Morgan fingerprint density at radius 3 is 2.63 bits per heavy atom. The first kappa shape index (κ1) is 20.6. The fraction of sp³-hybridized carbons (Fsp3) is 0.278. The Bertz CT molecular complexity index is 840. The summed E-state index contributed by atoms with van der Waals surface area (Å²) in [6, 6.07) is 11.0. The number of aliphatic hydroxyl groups excluding tert-OH is 1. The number of carbonyl (C=O) groups is 2. The molecule has 0 unspecified atom stereocenters. The summed E-state index contributed by atoms with van der Waals surface area (Å²) in [6.45, 7) is 0.141. The number of ether oxygens (including phenoxy) is 1. The molecule has 27 heavy (non-hydrogen) atoms. The number of nitrogens with zero attached hydrogens (tertiary/aromatic N) is 1. The van der Waals surface area contributed by atoms with E-state index in [0.717, 1.165) is 0 Å². The Morgan fingerprint density at radius 1 is 1.30 bits per heavy atom. The third kappa shape index (κ3) is 4.94. The number of pyridine rings is 1. The van der Waals surface area contributed by atoms with Crippen LogP contribution in [0, 0.1) is 0 Å². The van der Waals surface area contributed by atoms with Crippen molar-refractivity contribution in [3.8, 4) is 0 Å². The van der Waals surface area contributed by atoms with Gasteiger partial charge in [-0.05, 0) is 17.7 Å². The number of aliphatic hydroxyl groups is 1. The van der Waals surface area contributed by atoms with Crippen LogP contribution in [0.5, 0.6) is 0 Å². The number of nitrogens with one attached hydrogen (secondary N) is 1. The molecule has 8 nitrogen and oxygen atoms in total. The minimum absolute atomic E-state index is 0.193. The van der Waals surface area contributed by atoms with Gasteiger partial charge in [0, 0.05) is 17.6 Å². The molecule has 2 heterocycles. The molecular weight excluding hydrogens is 376 g/mol. The van der Waals surface area contributed by atoms with Crippen LogP contribution in [-0.4, -0.2) is 58.3 Å². The quantitative estimate of drug-likeness (QED) is 0.675. The van der Waals surface area contributed by atoms with Crippen molar-refractivity contribution in [1.82, 2.24) is 9.88 Å². The molecule has 1 fully saturated rings. The minimum atomic E-state index is -0.585. The third-order valence-electron chi connectivity index (χ3n) is 4.02. The molecule has 1 saturated heterocycles. The Labute approximate surface area is 160 Å². The zero-order chi connectivity index (χ0) is 19.8. The number of morpholine rings is 1. The SMILES string of the molecule is O=C(c1cccc(=O)[nH]1)N1CCO[C@@H](CO)[C@@H]1c1ccccc1Cl.O=CO. The van der Waals surface area contributed by atoms with E-state index in [1.54, 1.807) is 29.2 Å². The summed E-state index contributed by atoms with van der Waals surface area (Å²) in [7, 11) is 0. The summed E-state index contributed by atoms with van der Waals surface area (Å²) >= 11 is 6.29. The van der Waals surface area contributed by atoms with Gasteiger partial charge in [0.15, 0.2) is 0 Å². The summed E-state index contributed by atoms with van der Waals surface area (Å²) in [5, 5.41) is 17.0. The van der Waals surface area contributed by atoms with E-state index in [2.05, 4.69) is 4.98 Å². The Morgan fingerprint density at radius 2 is 2.00 bits per heavy atom. The van der Waals surface area contributed by atoms with Gasteiger partial charge in [-0.1, -0.05) is 35.9 Å². The van der Waals surface area contributed by atoms with Gasteiger partial charge < -0.3 is 24.8 Å². The summed E-state index contributed by atoms with van der Waals surface area (Å²) in [5.41, 5.74) is 0.546. The average molecular weight is 395 g/mol. The number of carboxylic acid groups (broad SMARTS) is 1. The predicted octanol–water partition coefficient (Wildman–Crippen LogP) is 1.30. The van der Waals surface area contributed by atoms with Crippen molar-refractivity contribution in [2.24, 2.45) is 0 Å². The maximum absolute atomic E-state index is 12.9. The molecule has 1 aromatic carbocycles. The average Bonchev–Trinajstić information content (AvgIpc) is 2.68. The Balaban J connectivity index is 0.000000817. The van der Waals surface area contributed by atoms with Gasteiger partial charge in [-0.3, -0.25) is 14.4 Å². The highest BCUT2D eigenvalue weighted by molar-refractivity contribution is 6.31. The van der Waals surface area contributed by atoms with Gasteiger partial charge in [0.05, 0.1) is 19.3 Å². The first-order valence-corrected chi connectivity index (χ1v) is 8.46. The highest BCUT2D eigenvalue weighted by Crippen LogP contribution is 2.34. The van der Waals surface area contributed by atoms with Crippen LogP contribution >= 0.6 is 11.6 Å². The molecule has 0 radical (unpaired) electrons. The fourth-order valence-electron chi connectivity index (χ4n) is 2.92. The van der Waals surface area contributed by atoms with E-state index < -0.39 is 12.1 Å². The van der Waals surface area contributed by atoms with E-state index in [-0.39, 0.29) is 30.2 Å². The number of halogens is 1. The second-order valence-electron chi connectivity index (χ2n) is 5.59. The van der Waals surface area contributed by atoms with Crippen LogP contribution in [-0.2, 0) is 9.53 Å². The molecule has 1 aliphatic heterocycles. The number of benzene rings is 1. The van der Waals surface area contributed by atoms with Crippen LogP contribution in [0.25, 0.3) is 0 Å². The molecule has 1 amide bonds. The zero-order valence-corrected chi connectivity index (χ0v) is 15.0. The number of hydrogen-bond donors (Lipinski definition) is 3. The Hall–Kier alpha value is -2.68. The van der Waals surface area contributed by atoms with Gasteiger partial charge in [-0.15, -0.1) is 0 Å². The lowest BCUT2D eigenvalue weighted by Crippen LogP contribution is -2.49. The lowest BCUT2D eigenvalue weighted by atomic mass is 9.97. The number of rotatable bonds is 3. The summed E-state index contributed by atoms with van der Waals surface area (Å²) < 4.78 is 5.61. The summed E-state index contributed by atoms with van der Waals surface area (Å²) in [6.07, 6.45) is -0.585. The topological polar surface area (TPSA) is 120 Å². The molecule has 0 spiro atoms. The van der Waals surface area contributed by atoms with Crippen LogP contribution in [0.2, 0.25) is 5.02 Å². The molecule has 1 aliphatic rings. The van der Waals surface area contributed by atoms with Crippen molar-refractivity contribution in [3.63, 3.8) is 0 Å². The van der Waals surface area contributed by atoms with Crippen molar-refractivity contribution in [3.05, 3.63) is 69.1 Å². The number of hydrogen-bond acceptors (Lipinski definition) is 5.